The molecule has 3 heteroatoms. The summed E-state index contributed by atoms with van der Waals surface area (Å²) in [6.45, 7) is 8.93. The molecule has 1 rings (SSSR count). The van der Waals surface area contributed by atoms with Crippen molar-refractivity contribution >= 4 is 0 Å². The van der Waals surface area contributed by atoms with Gasteiger partial charge in [-0.1, -0.05) is 20.8 Å². The molecule has 0 amide bonds. The van der Waals surface area contributed by atoms with Gasteiger partial charge in [-0.15, -0.1) is 0 Å². The molecule has 13 heavy (non-hydrogen) atoms. The van der Waals surface area contributed by atoms with Crippen molar-refractivity contribution in [1.29, 1.82) is 0 Å². The van der Waals surface area contributed by atoms with E-state index in [4.69, 9.17) is 0 Å². The summed E-state index contributed by atoms with van der Waals surface area (Å²) in [5.74, 6) is 0.500. The maximum Gasteiger partial charge on any atom is 0.269 e. The summed E-state index contributed by atoms with van der Waals surface area (Å²) in [7, 11) is 0. The van der Waals surface area contributed by atoms with Crippen LogP contribution in [0.3, 0.4) is 0 Å². The molecule has 0 fully saturated rings. The first kappa shape index (κ1) is 10.1. The lowest BCUT2D eigenvalue weighted by molar-refractivity contribution is 0.470. The Morgan fingerprint density at radius 1 is 1.46 bits per heavy atom. The molecule has 0 bridgehead atoms. The highest BCUT2D eigenvalue weighted by Crippen LogP contribution is 2.02. The van der Waals surface area contributed by atoms with Gasteiger partial charge in [0.2, 0.25) is 0 Å². The van der Waals surface area contributed by atoms with Crippen molar-refractivity contribution in [3.63, 3.8) is 0 Å². The van der Waals surface area contributed by atoms with E-state index in [9.17, 15) is 4.79 Å². The van der Waals surface area contributed by atoms with Gasteiger partial charge in [0, 0.05) is 17.8 Å². The van der Waals surface area contributed by atoms with Crippen molar-refractivity contribution in [2.45, 2.75) is 40.7 Å². The summed E-state index contributed by atoms with van der Waals surface area (Å²) in [4.78, 5) is 11.6. The van der Waals surface area contributed by atoms with Crippen LogP contribution in [0.25, 0.3) is 0 Å². The van der Waals surface area contributed by atoms with E-state index in [1.165, 1.54) is 0 Å². The van der Waals surface area contributed by atoms with Crippen LogP contribution >= 0.6 is 0 Å². The first-order chi connectivity index (χ1) is 6.06. The molecule has 74 valence electrons. The lowest BCUT2D eigenvalue weighted by Gasteiger charge is -2.04. The molecular weight excluding hydrogens is 164 g/mol. The fourth-order valence-electron chi connectivity index (χ4n) is 1.47. The smallest absolute Gasteiger partial charge is 0.269 e. The summed E-state index contributed by atoms with van der Waals surface area (Å²) in [5.41, 5.74) is 2.05. The standard InChI is InChI=1S/C10H18N2O/c1-5-9-8(4)10(13)12(11-9)6-7(2)3/h7,11H,5-6H2,1-4H3. The van der Waals surface area contributed by atoms with Gasteiger partial charge in [-0.2, -0.15) is 0 Å². The fraction of sp³-hybridized carbons (Fsp3) is 0.700. The highest BCUT2D eigenvalue weighted by Gasteiger charge is 2.08. The third kappa shape index (κ3) is 2.02. The van der Waals surface area contributed by atoms with Crippen LogP contribution < -0.4 is 5.56 Å². The maximum absolute atomic E-state index is 11.6. The number of nitrogens with zero attached hydrogens (tertiary/aromatic N) is 1. The minimum absolute atomic E-state index is 0.130. The second-order valence-corrected chi connectivity index (χ2v) is 3.88. The van der Waals surface area contributed by atoms with Gasteiger partial charge in [-0.05, 0) is 19.3 Å². The van der Waals surface area contributed by atoms with Crippen LogP contribution in [0.5, 0.6) is 0 Å². The van der Waals surface area contributed by atoms with Crippen molar-refractivity contribution < 1.29 is 0 Å². The maximum atomic E-state index is 11.6. The summed E-state index contributed by atoms with van der Waals surface area (Å²) < 4.78 is 1.71. The van der Waals surface area contributed by atoms with Crippen molar-refractivity contribution in [3.05, 3.63) is 21.6 Å². The molecule has 1 aromatic heterocycles. The second kappa shape index (κ2) is 3.81. The summed E-state index contributed by atoms with van der Waals surface area (Å²) in [6.07, 6.45) is 0.895. The molecule has 0 aromatic carbocycles. The first-order valence-electron chi connectivity index (χ1n) is 4.84. The monoisotopic (exact) mass is 182 g/mol. The van der Waals surface area contributed by atoms with E-state index < -0.39 is 0 Å². The Morgan fingerprint density at radius 2 is 2.08 bits per heavy atom. The van der Waals surface area contributed by atoms with Crippen LogP contribution in [0, 0.1) is 12.8 Å². The minimum Gasteiger partial charge on any atom is -0.299 e. The average molecular weight is 182 g/mol. The molecule has 3 nitrogen and oxygen atoms in total. The number of aromatic amines is 1. The second-order valence-electron chi connectivity index (χ2n) is 3.88. The molecule has 0 aliphatic heterocycles. The van der Waals surface area contributed by atoms with Gasteiger partial charge < -0.3 is 0 Å². The van der Waals surface area contributed by atoms with E-state index in [0.29, 0.717) is 5.92 Å². The zero-order chi connectivity index (χ0) is 10.0. The molecule has 0 aliphatic rings. The third-order valence-corrected chi connectivity index (χ3v) is 2.19. The molecule has 0 atom stereocenters. The van der Waals surface area contributed by atoms with E-state index >= 15 is 0 Å². The lowest BCUT2D eigenvalue weighted by atomic mass is 10.2. The van der Waals surface area contributed by atoms with Gasteiger partial charge in [0.25, 0.3) is 5.56 Å². The van der Waals surface area contributed by atoms with Crippen molar-refractivity contribution in [2.75, 3.05) is 0 Å². The van der Waals surface area contributed by atoms with E-state index in [1.807, 2.05) is 6.92 Å². The molecule has 1 N–H and O–H groups in total. The Labute approximate surface area is 78.8 Å². The van der Waals surface area contributed by atoms with Crippen LogP contribution in [0.2, 0.25) is 0 Å². The number of hydrogen-bond donors (Lipinski definition) is 1. The van der Waals surface area contributed by atoms with Crippen LogP contribution in [0.15, 0.2) is 4.79 Å². The minimum atomic E-state index is 0.130. The highest BCUT2D eigenvalue weighted by atomic mass is 16.1. The fourth-order valence-corrected chi connectivity index (χ4v) is 1.47. The molecular formula is C10H18N2O. The molecule has 0 aliphatic carbocycles. The van der Waals surface area contributed by atoms with Crippen molar-refractivity contribution in [2.24, 2.45) is 5.92 Å². The summed E-state index contributed by atoms with van der Waals surface area (Å²) in [5, 5.41) is 3.13. The average Bonchev–Trinajstić information content (AvgIpc) is 2.32. The molecule has 0 saturated heterocycles. The van der Waals surface area contributed by atoms with Crippen molar-refractivity contribution in [1.82, 2.24) is 9.78 Å². The Kier molecular flexibility index (Phi) is 2.96. The zero-order valence-corrected chi connectivity index (χ0v) is 8.85. The molecule has 0 radical (unpaired) electrons. The third-order valence-electron chi connectivity index (χ3n) is 2.19. The number of nitrogens with one attached hydrogen (secondary N) is 1. The van der Waals surface area contributed by atoms with Gasteiger partial charge >= 0.3 is 0 Å². The van der Waals surface area contributed by atoms with E-state index in [1.54, 1.807) is 4.68 Å². The number of hydrogen-bond acceptors (Lipinski definition) is 1. The van der Waals surface area contributed by atoms with Crippen LogP contribution in [-0.4, -0.2) is 9.78 Å². The molecule has 0 unspecified atom stereocenters. The largest absolute Gasteiger partial charge is 0.299 e. The van der Waals surface area contributed by atoms with Crippen LogP contribution in [0.1, 0.15) is 32.0 Å². The Balaban J connectivity index is 3.03. The van der Waals surface area contributed by atoms with Crippen molar-refractivity contribution in [3.8, 4) is 0 Å². The lowest BCUT2D eigenvalue weighted by Crippen LogP contribution is -2.20. The zero-order valence-electron chi connectivity index (χ0n) is 8.85. The quantitative estimate of drug-likeness (QED) is 0.759. The van der Waals surface area contributed by atoms with E-state index in [0.717, 1.165) is 24.2 Å². The molecule has 1 aromatic rings. The van der Waals surface area contributed by atoms with E-state index in [-0.39, 0.29) is 5.56 Å². The van der Waals surface area contributed by atoms with Gasteiger partial charge in [-0.3, -0.25) is 14.6 Å². The molecule has 0 saturated carbocycles. The van der Waals surface area contributed by atoms with E-state index in [2.05, 4.69) is 25.9 Å². The SMILES string of the molecule is CCc1[nH]n(CC(C)C)c(=O)c1C. The number of rotatable bonds is 3. The van der Waals surface area contributed by atoms with Gasteiger partial charge in [-0.25, -0.2) is 0 Å². The number of aromatic nitrogens is 2. The summed E-state index contributed by atoms with van der Waals surface area (Å²) >= 11 is 0. The topological polar surface area (TPSA) is 37.8 Å². The number of aryl methyl sites for hydroxylation is 1. The molecule has 0 spiro atoms. The predicted octanol–water partition coefficient (Wildman–Crippen LogP) is 1.70. The normalized spacial score (nSPS) is 11.2. The highest BCUT2D eigenvalue weighted by molar-refractivity contribution is 5.14. The van der Waals surface area contributed by atoms with Gasteiger partial charge in [0.1, 0.15) is 0 Å². The predicted molar refractivity (Wildman–Crippen MR) is 54.0 cm³/mol. The van der Waals surface area contributed by atoms with Crippen LogP contribution in [0.4, 0.5) is 0 Å². The van der Waals surface area contributed by atoms with Crippen LogP contribution in [-0.2, 0) is 13.0 Å². The van der Waals surface area contributed by atoms with Gasteiger partial charge in [0.05, 0.1) is 0 Å². The summed E-state index contributed by atoms with van der Waals surface area (Å²) in [6, 6.07) is 0. The first-order valence-corrected chi connectivity index (χ1v) is 4.84. The van der Waals surface area contributed by atoms with Gasteiger partial charge in [0.15, 0.2) is 0 Å². The Bertz CT molecular complexity index is 333. The Morgan fingerprint density at radius 3 is 2.46 bits per heavy atom. The molecule has 1 heterocycles. The Hall–Kier alpha value is -0.990. The number of H-pyrrole nitrogens is 1.